The van der Waals surface area contributed by atoms with Crippen molar-refractivity contribution in [3.05, 3.63) is 83.4 Å². The van der Waals surface area contributed by atoms with E-state index in [0.717, 1.165) is 12.1 Å². The number of rotatable bonds is 2. The highest BCUT2D eigenvalue weighted by atomic mass is 19.4. The summed E-state index contributed by atoms with van der Waals surface area (Å²) >= 11 is 0. The number of fused-ring (bicyclic) bond motifs is 2. The molecule has 0 bridgehead atoms. The van der Waals surface area contributed by atoms with Gasteiger partial charge in [0.05, 0.1) is 23.8 Å². The van der Waals surface area contributed by atoms with E-state index >= 15 is 0 Å². The second-order valence-electron chi connectivity index (χ2n) is 8.19. The number of methoxy groups -OCH3 is 1. The molecular formula is C26H22F3N3O3. The van der Waals surface area contributed by atoms with Crippen LogP contribution in [-0.4, -0.2) is 54.8 Å². The third-order valence-corrected chi connectivity index (χ3v) is 6.06. The standard InChI is InChI=1S/C26H22F3N3O3/c1-34-21-8-4-3-7-19(21)25(33)32-14-12-31(13-15-32)24-18-6-2-5-9-22(18)35-23-11-10-17(26(27,28)29)16-20(23)30-24/h2-11,16H,12-15H2,1H3. The Morgan fingerprint density at radius 2 is 1.66 bits per heavy atom. The molecular weight excluding hydrogens is 459 g/mol. The van der Waals surface area contributed by atoms with E-state index in [1.165, 1.54) is 13.2 Å². The number of carbonyl (C=O) groups excluding carboxylic acids is 1. The number of hydrogen-bond donors (Lipinski definition) is 0. The van der Waals surface area contributed by atoms with E-state index in [4.69, 9.17) is 9.47 Å². The van der Waals surface area contributed by atoms with Crippen molar-refractivity contribution < 1.29 is 27.4 Å². The molecule has 0 aliphatic carbocycles. The van der Waals surface area contributed by atoms with Gasteiger partial charge in [-0.3, -0.25) is 4.79 Å². The summed E-state index contributed by atoms with van der Waals surface area (Å²) in [6, 6.07) is 17.6. The molecule has 9 heteroatoms. The first-order valence-electron chi connectivity index (χ1n) is 11.1. The molecule has 0 N–H and O–H groups in total. The molecule has 3 aromatic rings. The molecule has 0 spiro atoms. The van der Waals surface area contributed by atoms with E-state index in [1.54, 1.807) is 41.3 Å². The SMILES string of the molecule is COc1ccccc1C(=O)N1CCN(C2=Nc3cc(C(F)(F)F)ccc3Oc3ccccc32)CC1. The van der Waals surface area contributed by atoms with Crippen molar-refractivity contribution in [1.82, 2.24) is 9.80 Å². The van der Waals surface area contributed by atoms with E-state index in [-0.39, 0.29) is 17.3 Å². The predicted octanol–water partition coefficient (Wildman–Crippen LogP) is 5.36. The van der Waals surface area contributed by atoms with Crippen molar-refractivity contribution >= 4 is 17.4 Å². The molecule has 1 fully saturated rings. The predicted molar refractivity (Wildman–Crippen MR) is 125 cm³/mol. The second-order valence-corrected chi connectivity index (χ2v) is 8.19. The fourth-order valence-corrected chi connectivity index (χ4v) is 4.25. The zero-order valence-corrected chi connectivity index (χ0v) is 18.9. The summed E-state index contributed by atoms with van der Waals surface area (Å²) in [6.07, 6.45) is -4.49. The molecule has 0 atom stereocenters. The molecule has 0 aromatic heterocycles. The number of amides is 1. The summed E-state index contributed by atoms with van der Waals surface area (Å²) in [5.41, 5.74) is 0.490. The summed E-state index contributed by atoms with van der Waals surface area (Å²) in [4.78, 5) is 21.4. The van der Waals surface area contributed by atoms with Crippen LogP contribution in [0.3, 0.4) is 0 Å². The van der Waals surface area contributed by atoms with Gasteiger partial charge in [0, 0.05) is 26.2 Å². The molecule has 1 amide bonds. The minimum absolute atomic E-state index is 0.110. The summed E-state index contributed by atoms with van der Waals surface area (Å²) < 4.78 is 51.3. The molecule has 0 saturated carbocycles. The number of para-hydroxylation sites is 2. The second kappa shape index (κ2) is 8.98. The van der Waals surface area contributed by atoms with E-state index < -0.39 is 11.7 Å². The van der Waals surface area contributed by atoms with Crippen LogP contribution in [0.1, 0.15) is 21.5 Å². The third kappa shape index (κ3) is 4.41. The number of benzene rings is 3. The van der Waals surface area contributed by atoms with Crippen LogP contribution in [0.4, 0.5) is 18.9 Å². The van der Waals surface area contributed by atoms with Gasteiger partial charge in [0.25, 0.3) is 5.91 Å². The van der Waals surface area contributed by atoms with Gasteiger partial charge < -0.3 is 19.3 Å². The highest BCUT2D eigenvalue weighted by Crippen LogP contribution is 2.41. The van der Waals surface area contributed by atoms with Gasteiger partial charge >= 0.3 is 6.18 Å². The Bertz CT molecular complexity index is 1300. The van der Waals surface area contributed by atoms with Crippen LogP contribution in [-0.2, 0) is 6.18 Å². The van der Waals surface area contributed by atoms with Crippen LogP contribution >= 0.6 is 0 Å². The lowest BCUT2D eigenvalue weighted by Gasteiger charge is -2.36. The zero-order valence-electron chi connectivity index (χ0n) is 18.9. The molecule has 35 heavy (non-hydrogen) atoms. The maximum Gasteiger partial charge on any atom is 0.416 e. The number of amidine groups is 1. The van der Waals surface area contributed by atoms with Crippen molar-refractivity contribution in [2.45, 2.75) is 6.18 Å². The first-order chi connectivity index (χ1) is 16.8. The van der Waals surface area contributed by atoms with Crippen LogP contribution in [0.25, 0.3) is 0 Å². The first kappa shape index (κ1) is 22.8. The van der Waals surface area contributed by atoms with Crippen molar-refractivity contribution in [1.29, 1.82) is 0 Å². The average molecular weight is 481 g/mol. The quantitative estimate of drug-likeness (QED) is 0.495. The van der Waals surface area contributed by atoms with Gasteiger partial charge in [-0.05, 0) is 42.5 Å². The number of halogens is 3. The Morgan fingerprint density at radius 3 is 2.40 bits per heavy atom. The highest BCUT2D eigenvalue weighted by Gasteiger charge is 2.33. The van der Waals surface area contributed by atoms with Gasteiger partial charge in [0.15, 0.2) is 5.75 Å². The number of aliphatic imine (C=N–C) groups is 1. The summed E-state index contributed by atoms with van der Waals surface area (Å²) in [6.45, 7) is 1.77. The number of nitrogens with zero attached hydrogens (tertiary/aromatic N) is 3. The van der Waals surface area contributed by atoms with Gasteiger partial charge in [-0.15, -0.1) is 0 Å². The third-order valence-electron chi connectivity index (χ3n) is 6.06. The van der Waals surface area contributed by atoms with Gasteiger partial charge in [-0.2, -0.15) is 13.2 Å². The van der Waals surface area contributed by atoms with Crippen molar-refractivity contribution in [2.24, 2.45) is 4.99 Å². The molecule has 0 radical (unpaired) electrons. The van der Waals surface area contributed by atoms with E-state index in [9.17, 15) is 18.0 Å². The lowest BCUT2D eigenvalue weighted by molar-refractivity contribution is -0.137. The number of carbonyl (C=O) groups is 1. The number of hydrogen-bond acceptors (Lipinski definition) is 5. The van der Waals surface area contributed by atoms with Crippen molar-refractivity contribution in [3.63, 3.8) is 0 Å². The average Bonchev–Trinajstić information content (AvgIpc) is 3.04. The van der Waals surface area contributed by atoms with Gasteiger partial charge in [0.1, 0.15) is 23.0 Å². The topological polar surface area (TPSA) is 54.4 Å². The maximum absolute atomic E-state index is 13.3. The smallest absolute Gasteiger partial charge is 0.416 e. The lowest BCUT2D eigenvalue weighted by atomic mass is 10.1. The minimum atomic E-state index is -4.49. The van der Waals surface area contributed by atoms with E-state index in [2.05, 4.69) is 4.99 Å². The fraction of sp³-hybridized carbons (Fsp3) is 0.231. The molecule has 6 nitrogen and oxygen atoms in total. The Morgan fingerprint density at radius 1 is 0.943 bits per heavy atom. The first-order valence-corrected chi connectivity index (χ1v) is 11.1. The van der Waals surface area contributed by atoms with E-state index in [0.29, 0.717) is 54.6 Å². The molecule has 5 rings (SSSR count). The van der Waals surface area contributed by atoms with Gasteiger partial charge in [0.2, 0.25) is 0 Å². The van der Waals surface area contributed by atoms with Gasteiger partial charge in [-0.1, -0.05) is 24.3 Å². The Labute approximate surface area is 200 Å². The fourth-order valence-electron chi connectivity index (χ4n) is 4.25. The summed E-state index contributed by atoms with van der Waals surface area (Å²) in [5, 5.41) is 0. The summed E-state index contributed by atoms with van der Waals surface area (Å²) in [5.74, 6) is 1.66. The largest absolute Gasteiger partial charge is 0.496 e. The van der Waals surface area contributed by atoms with Crippen molar-refractivity contribution in [3.8, 4) is 17.2 Å². The molecule has 180 valence electrons. The lowest BCUT2D eigenvalue weighted by Crippen LogP contribution is -2.50. The molecule has 2 aliphatic heterocycles. The highest BCUT2D eigenvalue weighted by molar-refractivity contribution is 6.04. The Balaban J connectivity index is 1.44. The molecule has 3 aromatic carbocycles. The molecule has 2 heterocycles. The van der Waals surface area contributed by atoms with Crippen molar-refractivity contribution in [2.75, 3.05) is 33.3 Å². The molecule has 2 aliphatic rings. The normalized spacial score (nSPS) is 15.4. The Hall–Kier alpha value is -4.01. The van der Waals surface area contributed by atoms with Gasteiger partial charge in [-0.25, -0.2) is 4.99 Å². The van der Waals surface area contributed by atoms with Crippen LogP contribution in [0.15, 0.2) is 71.7 Å². The Kier molecular flexibility index (Phi) is 5.84. The van der Waals surface area contributed by atoms with E-state index in [1.807, 2.05) is 17.0 Å². The summed E-state index contributed by atoms with van der Waals surface area (Å²) in [7, 11) is 1.52. The zero-order chi connectivity index (χ0) is 24.6. The number of ether oxygens (including phenoxy) is 2. The number of alkyl halides is 3. The van der Waals surface area contributed by atoms with Crippen LogP contribution in [0, 0.1) is 0 Å². The maximum atomic E-state index is 13.3. The number of piperazine rings is 1. The van der Waals surface area contributed by atoms with Crippen LogP contribution in [0.5, 0.6) is 17.2 Å². The monoisotopic (exact) mass is 481 g/mol. The van der Waals surface area contributed by atoms with Crippen LogP contribution in [0.2, 0.25) is 0 Å². The molecule has 1 saturated heterocycles. The molecule has 0 unspecified atom stereocenters. The van der Waals surface area contributed by atoms with Crippen LogP contribution < -0.4 is 9.47 Å². The minimum Gasteiger partial charge on any atom is -0.496 e.